The van der Waals surface area contributed by atoms with Crippen molar-refractivity contribution in [1.82, 2.24) is 29.8 Å². The van der Waals surface area contributed by atoms with Crippen LogP contribution in [0.5, 0.6) is 0 Å². The molecule has 3 heterocycles. The molecule has 0 unspecified atom stereocenters. The lowest BCUT2D eigenvalue weighted by Gasteiger charge is -2.08. The summed E-state index contributed by atoms with van der Waals surface area (Å²) >= 11 is 1.51. The highest BCUT2D eigenvalue weighted by atomic mass is 32.1. The zero-order valence-corrected chi connectivity index (χ0v) is 16.1. The number of hydrogen-bond acceptors (Lipinski definition) is 7. The first-order chi connectivity index (χ1) is 13.5. The molecule has 0 radical (unpaired) electrons. The van der Waals surface area contributed by atoms with Crippen molar-refractivity contribution < 1.29 is 4.79 Å². The fourth-order valence-electron chi connectivity index (χ4n) is 2.88. The molecule has 10 heteroatoms. The maximum atomic E-state index is 12.7. The number of nitrogens with zero attached hydrogens (tertiary/aromatic N) is 6. The Labute approximate surface area is 163 Å². The van der Waals surface area contributed by atoms with Gasteiger partial charge in [0.15, 0.2) is 0 Å². The van der Waals surface area contributed by atoms with Gasteiger partial charge in [0, 0.05) is 23.5 Å². The van der Waals surface area contributed by atoms with Crippen LogP contribution < -0.4 is 10.9 Å². The molecule has 0 aliphatic carbocycles. The molecule has 0 aliphatic heterocycles. The van der Waals surface area contributed by atoms with E-state index >= 15 is 0 Å². The van der Waals surface area contributed by atoms with Gasteiger partial charge in [-0.3, -0.25) is 14.2 Å². The average Bonchev–Trinajstić information content (AvgIpc) is 3.31. The second-order valence-electron chi connectivity index (χ2n) is 6.31. The third-order valence-electron chi connectivity index (χ3n) is 4.48. The summed E-state index contributed by atoms with van der Waals surface area (Å²) in [5, 5.41) is 14.5. The van der Waals surface area contributed by atoms with Crippen molar-refractivity contribution in [3.63, 3.8) is 0 Å². The zero-order valence-electron chi connectivity index (χ0n) is 15.3. The number of aromatic nitrogens is 6. The molecule has 1 amide bonds. The largest absolute Gasteiger partial charge is 0.326 e. The molecule has 28 heavy (non-hydrogen) atoms. The highest BCUT2D eigenvalue weighted by molar-refractivity contribution is 7.18. The number of thiophene rings is 1. The van der Waals surface area contributed by atoms with E-state index in [-0.39, 0.29) is 24.4 Å². The van der Waals surface area contributed by atoms with Crippen molar-refractivity contribution in [1.29, 1.82) is 0 Å². The standard InChI is InChI=1S/C18H17N7O2S/c1-11-12(2)28-17-16(11)18(27)24(9-19-17)7-6-15(26)21-13-4-3-5-14(8-13)25-10-20-22-23-25/h3-5,8-10H,6-7H2,1-2H3,(H,21,26). The number of carbonyl (C=O) groups excluding carboxylic acids is 1. The van der Waals surface area contributed by atoms with Gasteiger partial charge in [-0.05, 0) is 48.0 Å². The van der Waals surface area contributed by atoms with E-state index in [0.29, 0.717) is 11.1 Å². The van der Waals surface area contributed by atoms with Crippen molar-refractivity contribution in [3.05, 3.63) is 57.7 Å². The number of benzene rings is 1. The van der Waals surface area contributed by atoms with Crippen LogP contribution in [0, 0.1) is 13.8 Å². The Hall–Kier alpha value is -3.40. The van der Waals surface area contributed by atoms with Gasteiger partial charge in [0.2, 0.25) is 5.91 Å². The first-order valence-electron chi connectivity index (χ1n) is 8.61. The van der Waals surface area contributed by atoms with E-state index in [2.05, 4.69) is 25.8 Å². The molecule has 0 saturated heterocycles. The second-order valence-corrected chi connectivity index (χ2v) is 7.51. The number of hydrogen-bond donors (Lipinski definition) is 1. The summed E-state index contributed by atoms with van der Waals surface area (Å²) in [7, 11) is 0. The van der Waals surface area contributed by atoms with Crippen LogP contribution in [0.15, 0.2) is 41.7 Å². The number of tetrazole rings is 1. The number of fused-ring (bicyclic) bond motifs is 1. The second kappa shape index (κ2) is 7.31. The van der Waals surface area contributed by atoms with E-state index in [9.17, 15) is 9.59 Å². The van der Waals surface area contributed by atoms with Crippen LogP contribution >= 0.6 is 11.3 Å². The van der Waals surface area contributed by atoms with Crippen LogP contribution in [-0.2, 0) is 11.3 Å². The normalized spacial score (nSPS) is 11.1. The van der Waals surface area contributed by atoms with E-state index in [1.807, 2.05) is 19.9 Å². The molecule has 1 N–H and O–H groups in total. The van der Waals surface area contributed by atoms with E-state index in [4.69, 9.17) is 0 Å². The van der Waals surface area contributed by atoms with Crippen LogP contribution in [0.25, 0.3) is 15.9 Å². The van der Waals surface area contributed by atoms with E-state index < -0.39 is 0 Å². The van der Waals surface area contributed by atoms with Gasteiger partial charge in [0.25, 0.3) is 5.56 Å². The molecule has 4 aromatic rings. The monoisotopic (exact) mass is 395 g/mol. The minimum absolute atomic E-state index is 0.111. The van der Waals surface area contributed by atoms with Crippen LogP contribution in [-0.4, -0.2) is 35.7 Å². The molecule has 1 aromatic carbocycles. The third-order valence-corrected chi connectivity index (χ3v) is 5.59. The molecule has 0 fully saturated rings. The Morgan fingerprint density at radius 3 is 2.89 bits per heavy atom. The summed E-state index contributed by atoms with van der Waals surface area (Å²) < 4.78 is 2.99. The summed E-state index contributed by atoms with van der Waals surface area (Å²) in [5.41, 5.74) is 2.20. The van der Waals surface area contributed by atoms with Gasteiger partial charge < -0.3 is 5.32 Å². The van der Waals surface area contributed by atoms with Gasteiger partial charge in [-0.25, -0.2) is 9.67 Å². The molecule has 0 atom stereocenters. The van der Waals surface area contributed by atoms with Gasteiger partial charge >= 0.3 is 0 Å². The predicted molar refractivity (Wildman–Crippen MR) is 106 cm³/mol. The molecule has 0 saturated carbocycles. The number of amides is 1. The zero-order chi connectivity index (χ0) is 19.7. The number of anilines is 1. The number of nitrogens with one attached hydrogen (secondary N) is 1. The van der Waals surface area contributed by atoms with Crippen LogP contribution in [0.4, 0.5) is 5.69 Å². The van der Waals surface area contributed by atoms with Crippen LogP contribution in [0.1, 0.15) is 16.9 Å². The molecule has 0 spiro atoms. The number of aryl methyl sites for hydroxylation is 3. The average molecular weight is 395 g/mol. The van der Waals surface area contributed by atoms with Crippen LogP contribution in [0.3, 0.4) is 0 Å². The van der Waals surface area contributed by atoms with Gasteiger partial charge in [0.05, 0.1) is 17.4 Å². The van der Waals surface area contributed by atoms with Gasteiger partial charge in [-0.15, -0.1) is 16.4 Å². The number of carbonyl (C=O) groups is 1. The topological polar surface area (TPSA) is 108 Å². The summed E-state index contributed by atoms with van der Waals surface area (Å²) in [6.07, 6.45) is 3.14. The number of rotatable bonds is 5. The summed E-state index contributed by atoms with van der Waals surface area (Å²) in [6, 6.07) is 7.18. The van der Waals surface area contributed by atoms with Gasteiger partial charge in [-0.1, -0.05) is 6.07 Å². The minimum atomic E-state index is -0.195. The van der Waals surface area contributed by atoms with Gasteiger partial charge in [0.1, 0.15) is 11.2 Å². The molecule has 3 aromatic heterocycles. The van der Waals surface area contributed by atoms with Crippen molar-refractivity contribution >= 4 is 33.1 Å². The Kier molecular flexibility index (Phi) is 4.70. The van der Waals surface area contributed by atoms with E-state index in [0.717, 1.165) is 21.0 Å². The quantitative estimate of drug-likeness (QED) is 0.554. The van der Waals surface area contributed by atoms with Gasteiger partial charge in [-0.2, -0.15) is 0 Å². The SMILES string of the molecule is Cc1sc2ncn(CCC(=O)Nc3cccc(-n4cnnn4)c3)c(=O)c2c1C. The first-order valence-corrected chi connectivity index (χ1v) is 9.43. The Balaban J connectivity index is 1.46. The summed E-state index contributed by atoms with van der Waals surface area (Å²) in [4.78, 5) is 31.2. The van der Waals surface area contributed by atoms with Crippen molar-refractivity contribution in [2.75, 3.05) is 5.32 Å². The Morgan fingerprint density at radius 2 is 2.11 bits per heavy atom. The first kappa shape index (κ1) is 18.0. The maximum absolute atomic E-state index is 12.7. The molecule has 0 bridgehead atoms. The fourth-order valence-corrected chi connectivity index (χ4v) is 3.87. The van der Waals surface area contributed by atoms with Crippen molar-refractivity contribution in [3.8, 4) is 5.69 Å². The lowest BCUT2D eigenvalue weighted by molar-refractivity contribution is -0.116. The summed E-state index contributed by atoms with van der Waals surface area (Å²) in [5.74, 6) is -0.195. The molecule has 4 rings (SSSR count). The Bertz CT molecular complexity index is 1210. The molecular formula is C18H17N7O2S. The molecular weight excluding hydrogens is 378 g/mol. The van der Waals surface area contributed by atoms with E-state index in [1.54, 1.807) is 18.2 Å². The van der Waals surface area contributed by atoms with Crippen molar-refractivity contribution in [2.24, 2.45) is 0 Å². The predicted octanol–water partition coefficient (Wildman–Crippen LogP) is 2.08. The minimum Gasteiger partial charge on any atom is -0.326 e. The third kappa shape index (κ3) is 3.41. The van der Waals surface area contributed by atoms with Crippen LogP contribution in [0.2, 0.25) is 0 Å². The molecule has 0 aliphatic rings. The fraction of sp³-hybridized carbons (Fsp3) is 0.222. The lowest BCUT2D eigenvalue weighted by Crippen LogP contribution is -2.23. The molecule has 9 nitrogen and oxygen atoms in total. The maximum Gasteiger partial charge on any atom is 0.262 e. The molecule has 142 valence electrons. The highest BCUT2D eigenvalue weighted by Gasteiger charge is 2.13. The van der Waals surface area contributed by atoms with Crippen molar-refractivity contribution in [2.45, 2.75) is 26.8 Å². The summed E-state index contributed by atoms with van der Waals surface area (Å²) in [6.45, 7) is 4.16. The highest BCUT2D eigenvalue weighted by Crippen LogP contribution is 2.25. The van der Waals surface area contributed by atoms with E-state index in [1.165, 1.54) is 33.2 Å². The smallest absolute Gasteiger partial charge is 0.262 e. The Morgan fingerprint density at radius 1 is 1.25 bits per heavy atom. The lowest BCUT2D eigenvalue weighted by atomic mass is 10.2.